The number of benzene rings is 3. The first-order valence-electron chi connectivity index (χ1n) is 14.2. The topological polar surface area (TPSA) is 131 Å². The molecule has 0 heterocycles. The highest BCUT2D eigenvalue weighted by molar-refractivity contribution is 7.89. The van der Waals surface area contributed by atoms with E-state index in [9.17, 15) is 23.1 Å². The number of sulfonamides is 1. The van der Waals surface area contributed by atoms with Crippen LogP contribution in [0.15, 0.2) is 83.8 Å². The molecule has 0 radical (unpaired) electrons. The van der Waals surface area contributed by atoms with Gasteiger partial charge in [0.1, 0.15) is 18.4 Å². The minimum Gasteiger partial charge on any atom is -0.497 e. The third-order valence-corrected chi connectivity index (χ3v) is 9.14. The van der Waals surface area contributed by atoms with Gasteiger partial charge in [0, 0.05) is 19.7 Å². The van der Waals surface area contributed by atoms with Crippen molar-refractivity contribution in [3.8, 4) is 16.9 Å². The van der Waals surface area contributed by atoms with Gasteiger partial charge in [-0.2, -0.15) is 4.72 Å². The Balaban J connectivity index is 1.49. The van der Waals surface area contributed by atoms with Crippen molar-refractivity contribution in [3.05, 3.63) is 84.4 Å². The number of carbonyl (C=O) groups is 2. The van der Waals surface area contributed by atoms with Crippen molar-refractivity contribution >= 4 is 22.1 Å². The van der Waals surface area contributed by atoms with E-state index in [-0.39, 0.29) is 30.7 Å². The summed E-state index contributed by atoms with van der Waals surface area (Å²) in [5.74, 6) is -1.08. The predicted molar refractivity (Wildman–Crippen MR) is 161 cm³/mol. The van der Waals surface area contributed by atoms with Crippen molar-refractivity contribution in [3.63, 3.8) is 0 Å². The van der Waals surface area contributed by atoms with Crippen molar-refractivity contribution in [1.29, 1.82) is 0 Å². The van der Waals surface area contributed by atoms with Crippen molar-refractivity contribution in [1.82, 2.24) is 9.62 Å². The van der Waals surface area contributed by atoms with Crippen LogP contribution in [0.4, 0.5) is 4.79 Å². The number of amides is 1. The van der Waals surface area contributed by atoms with Gasteiger partial charge < -0.3 is 24.2 Å². The molecule has 1 aliphatic carbocycles. The van der Waals surface area contributed by atoms with E-state index in [0.29, 0.717) is 31.4 Å². The average Bonchev–Trinajstić information content (AvgIpc) is 3.03. The predicted octanol–water partition coefficient (Wildman–Crippen LogP) is 4.94. The van der Waals surface area contributed by atoms with E-state index in [4.69, 9.17) is 14.2 Å². The molecule has 3 unspecified atom stereocenters. The van der Waals surface area contributed by atoms with Gasteiger partial charge in [-0.1, -0.05) is 61.0 Å². The molecular formula is C32H38N2O8S. The van der Waals surface area contributed by atoms with Gasteiger partial charge in [0.25, 0.3) is 0 Å². The van der Waals surface area contributed by atoms with E-state index in [1.165, 1.54) is 19.2 Å². The Labute approximate surface area is 252 Å². The maximum Gasteiger partial charge on any atom is 0.410 e. The number of nitrogens with one attached hydrogen (secondary N) is 1. The number of nitrogens with zero attached hydrogens (tertiary/aromatic N) is 1. The Morgan fingerprint density at radius 1 is 0.930 bits per heavy atom. The first-order chi connectivity index (χ1) is 20.7. The molecule has 43 heavy (non-hydrogen) atoms. The van der Waals surface area contributed by atoms with Crippen molar-refractivity contribution in [2.45, 2.75) is 49.2 Å². The number of carboxylic acid groups (broad SMARTS) is 1. The van der Waals surface area contributed by atoms with E-state index in [0.717, 1.165) is 16.7 Å². The zero-order valence-electron chi connectivity index (χ0n) is 24.3. The summed E-state index contributed by atoms with van der Waals surface area (Å²) in [5, 5.41) is 10.1. The molecule has 0 aromatic heterocycles. The van der Waals surface area contributed by atoms with Gasteiger partial charge in [-0.25, -0.2) is 13.2 Å². The fourth-order valence-electron chi connectivity index (χ4n) is 5.40. The summed E-state index contributed by atoms with van der Waals surface area (Å²) in [4.78, 5) is 27.1. The maximum atomic E-state index is 13.3. The Kier molecular flexibility index (Phi) is 11.2. The highest BCUT2D eigenvalue weighted by Gasteiger charge is 2.39. The zero-order valence-corrected chi connectivity index (χ0v) is 25.2. The Hall–Kier alpha value is -3.93. The molecule has 0 spiro atoms. The second-order valence-electron chi connectivity index (χ2n) is 10.5. The van der Waals surface area contributed by atoms with Crippen LogP contribution in [0.25, 0.3) is 11.1 Å². The molecule has 230 valence electrons. The van der Waals surface area contributed by atoms with Crippen LogP contribution in [0.5, 0.6) is 5.75 Å². The molecule has 10 nitrogen and oxygen atoms in total. The summed E-state index contributed by atoms with van der Waals surface area (Å²) in [5.41, 5.74) is 2.60. The number of hydrogen-bond donors (Lipinski definition) is 2. The summed E-state index contributed by atoms with van der Waals surface area (Å²) >= 11 is 0. The van der Waals surface area contributed by atoms with E-state index < -0.39 is 34.0 Å². The van der Waals surface area contributed by atoms with Crippen LogP contribution >= 0.6 is 0 Å². The number of carbonyl (C=O) groups excluding carboxylic acids is 1. The summed E-state index contributed by atoms with van der Waals surface area (Å²) in [6.07, 6.45) is 1.57. The number of methoxy groups -OCH3 is 2. The first kappa shape index (κ1) is 32.0. The molecule has 0 bridgehead atoms. The molecule has 4 rings (SSSR count). The number of hydrogen-bond acceptors (Lipinski definition) is 7. The molecule has 0 saturated heterocycles. The minimum atomic E-state index is -4.15. The Bertz CT molecular complexity index is 1450. The molecule has 1 fully saturated rings. The highest BCUT2D eigenvalue weighted by Crippen LogP contribution is 2.32. The third kappa shape index (κ3) is 8.56. The van der Waals surface area contributed by atoms with Crippen molar-refractivity contribution < 1.29 is 37.3 Å². The van der Waals surface area contributed by atoms with Crippen LogP contribution in [-0.2, 0) is 30.8 Å². The average molecular weight is 611 g/mol. The number of carboxylic acids is 1. The molecule has 2 N–H and O–H groups in total. The van der Waals surface area contributed by atoms with E-state index >= 15 is 0 Å². The van der Waals surface area contributed by atoms with Gasteiger partial charge in [-0.05, 0) is 66.1 Å². The normalized spacial score (nSPS) is 17.5. The fourth-order valence-corrected chi connectivity index (χ4v) is 6.66. The molecule has 1 amide bonds. The van der Waals surface area contributed by atoms with Crippen molar-refractivity contribution in [2.24, 2.45) is 5.92 Å². The second-order valence-corrected chi connectivity index (χ2v) is 12.2. The SMILES string of the molecule is COCCOC(=O)N(Cc1ccccc1)C1CCCC(C(NS(=O)(=O)c2ccc(-c3ccc(OC)cc3)cc2)C(=O)O)C1. The van der Waals surface area contributed by atoms with Gasteiger partial charge in [-0.3, -0.25) is 4.79 Å². The molecule has 3 atom stereocenters. The first-order valence-corrected chi connectivity index (χ1v) is 15.7. The molecule has 1 saturated carbocycles. The Morgan fingerprint density at radius 2 is 1.58 bits per heavy atom. The standard InChI is InChI=1S/C32H38N2O8S/c1-40-19-20-42-32(37)34(22-23-7-4-3-5-8-23)27-10-6-9-26(21-27)30(31(35)36)33-43(38,39)29-17-13-25(14-18-29)24-11-15-28(41-2)16-12-24/h3-5,7-8,11-18,26-27,30,33H,6,9-10,19-22H2,1-2H3,(H,35,36). The van der Waals surface area contributed by atoms with E-state index in [2.05, 4.69) is 4.72 Å². The quantitative estimate of drug-likeness (QED) is 0.260. The van der Waals surface area contributed by atoms with Crippen LogP contribution < -0.4 is 9.46 Å². The smallest absolute Gasteiger partial charge is 0.410 e. The summed E-state index contributed by atoms with van der Waals surface area (Å²) < 4.78 is 44.7. The van der Waals surface area contributed by atoms with E-state index in [1.54, 1.807) is 24.1 Å². The largest absolute Gasteiger partial charge is 0.497 e. The minimum absolute atomic E-state index is 0.0317. The van der Waals surface area contributed by atoms with E-state index in [1.807, 2.05) is 54.6 Å². The number of ether oxygens (including phenoxy) is 3. The van der Waals surface area contributed by atoms with Gasteiger partial charge in [0.15, 0.2) is 0 Å². The number of aliphatic carboxylic acids is 1. The van der Waals surface area contributed by atoms with Gasteiger partial charge in [0.05, 0.1) is 18.6 Å². The molecule has 11 heteroatoms. The van der Waals surface area contributed by atoms with Gasteiger partial charge in [-0.15, -0.1) is 0 Å². The lowest BCUT2D eigenvalue weighted by Gasteiger charge is -2.38. The molecular weight excluding hydrogens is 572 g/mol. The number of rotatable bonds is 13. The van der Waals surface area contributed by atoms with Crippen molar-refractivity contribution in [2.75, 3.05) is 27.4 Å². The summed E-state index contributed by atoms with van der Waals surface area (Å²) in [7, 11) is -1.05. The van der Waals surface area contributed by atoms with Crippen LogP contribution in [0, 0.1) is 5.92 Å². The van der Waals surface area contributed by atoms with Crippen LogP contribution in [0.1, 0.15) is 31.2 Å². The fraction of sp³-hybridized carbons (Fsp3) is 0.375. The lowest BCUT2D eigenvalue weighted by atomic mass is 9.80. The van der Waals surface area contributed by atoms with Crippen LogP contribution in [-0.4, -0.2) is 70.0 Å². The molecule has 1 aliphatic rings. The van der Waals surface area contributed by atoms with Gasteiger partial charge in [0.2, 0.25) is 10.0 Å². The molecule has 3 aromatic rings. The maximum absolute atomic E-state index is 13.3. The lowest BCUT2D eigenvalue weighted by Crippen LogP contribution is -2.50. The van der Waals surface area contributed by atoms with Crippen LogP contribution in [0.2, 0.25) is 0 Å². The Morgan fingerprint density at radius 3 is 2.19 bits per heavy atom. The second kappa shape index (κ2) is 15.0. The third-order valence-electron chi connectivity index (χ3n) is 7.68. The molecule has 3 aromatic carbocycles. The highest BCUT2D eigenvalue weighted by atomic mass is 32.2. The monoisotopic (exact) mass is 610 g/mol. The van der Waals surface area contributed by atoms with Gasteiger partial charge >= 0.3 is 12.1 Å². The molecule has 0 aliphatic heterocycles. The van der Waals surface area contributed by atoms with Crippen LogP contribution in [0.3, 0.4) is 0 Å². The zero-order chi connectivity index (χ0) is 30.8. The lowest BCUT2D eigenvalue weighted by molar-refractivity contribution is -0.140. The summed E-state index contributed by atoms with van der Waals surface area (Å²) in [6, 6.07) is 21.4. The summed E-state index contributed by atoms with van der Waals surface area (Å²) in [6.45, 7) is 0.627.